The molecular formula is C22H20FN5O3S. The van der Waals surface area contributed by atoms with Gasteiger partial charge < -0.3 is 15.2 Å². The largest absolute Gasteiger partial charge is 0.442 e. The zero-order valence-corrected chi connectivity index (χ0v) is 17.7. The first-order valence-electron chi connectivity index (χ1n) is 9.99. The predicted octanol–water partition coefficient (Wildman–Crippen LogP) is 3.23. The second-order valence-corrected chi connectivity index (χ2v) is 8.23. The molecule has 32 heavy (non-hydrogen) atoms. The van der Waals surface area contributed by atoms with Gasteiger partial charge in [0, 0.05) is 28.9 Å². The lowest BCUT2D eigenvalue weighted by Gasteiger charge is -2.24. The summed E-state index contributed by atoms with van der Waals surface area (Å²) in [5, 5.41) is 17.9. The number of aromatic nitrogens is 1. The van der Waals surface area contributed by atoms with Crippen LogP contribution in [0.2, 0.25) is 0 Å². The number of nitrogens with zero attached hydrogens (tertiary/aromatic N) is 3. The molecule has 2 aromatic carbocycles. The van der Waals surface area contributed by atoms with Gasteiger partial charge in [-0.05, 0) is 23.8 Å². The van der Waals surface area contributed by atoms with Crippen molar-refractivity contribution in [1.82, 2.24) is 20.8 Å². The van der Waals surface area contributed by atoms with Crippen LogP contribution in [0.4, 0.5) is 14.9 Å². The summed E-state index contributed by atoms with van der Waals surface area (Å²) in [7, 11) is 0. The van der Waals surface area contributed by atoms with Gasteiger partial charge in [0.1, 0.15) is 16.9 Å². The monoisotopic (exact) mass is 453 g/mol. The molecule has 3 heterocycles. The van der Waals surface area contributed by atoms with Crippen LogP contribution < -0.4 is 15.9 Å². The minimum atomic E-state index is -0.415. The van der Waals surface area contributed by atoms with Gasteiger partial charge in [-0.1, -0.05) is 24.3 Å². The number of amides is 1. The molecule has 3 N–H and O–H groups in total. The molecule has 8 nitrogen and oxygen atoms in total. The minimum absolute atomic E-state index is 0.0871. The Morgan fingerprint density at radius 3 is 2.69 bits per heavy atom. The second-order valence-electron chi connectivity index (χ2n) is 7.37. The number of anilines is 1. The maximum absolute atomic E-state index is 14.9. The highest BCUT2D eigenvalue weighted by Crippen LogP contribution is 2.30. The molecule has 1 saturated heterocycles. The zero-order valence-electron chi connectivity index (χ0n) is 16.9. The van der Waals surface area contributed by atoms with Crippen LogP contribution in [0.15, 0.2) is 60.2 Å². The summed E-state index contributed by atoms with van der Waals surface area (Å²) in [5.41, 5.74) is 6.58. The van der Waals surface area contributed by atoms with Gasteiger partial charge in [0.25, 0.3) is 0 Å². The Kier molecular flexibility index (Phi) is 5.48. The third-order valence-corrected chi connectivity index (χ3v) is 6.11. The van der Waals surface area contributed by atoms with E-state index in [2.05, 4.69) is 15.8 Å². The van der Waals surface area contributed by atoms with Crippen LogP contribution in [0.1, 0.15) is 5.69 Å². The van der Waals surface area contributed by atoms with Crippen molar-refractivity contribution in [1.29, 1.82) is 0 Å². The highest BCUT2D eigenvalue weighted by Gasteiger charge is 2.26. The molecule has 1 atom stereocenters. The summed E-state index contributed by atoms with van der Waals surface area (Å²) < 4.78 is 20.1. The Morgan fingerprint density at radius 2 is 2.00 bits per heavy atom. The average molecular weight is 453 g/mol. The zero-order chi connectivity index (χ0) is 22.1. The normalized spacial score (nSPS) is 17.7. The molecule has 0 aliphatic carbocycles. The minimum Gasteiger partial charge on any atom is -0.442 e. The van der Waals surface area contributed by atoms with Crippen LogP contribution in [-0.2, 0) is 11.3 Å². The first-order chi connectivity index (χ1) is 15.6. The van der Waals surface area contributed by atoms with Crippen molar-refractivity contribution >= 4 is 23.1 Å². The summed E-state index contributed by atoms with van der Waals surface area (Å²) in [6.07, 6.45) is 2.92. The Hall–Kier alpha value is -3.47. The number of cyclic esters (lactones) is 1. The number of carbonyl (C=O) groups excluding carboxylic acids is 1. The van der Waals surface area contributed by atoms with Crippen molar-refractivity contribution in [2.75, 3.05) is 18.1 Å². The summed E-state index contributed by atoms with van der Waals surface area (Å²) in [5.74, 6) is -0.338. The lowest BCUT2D eigenvalue weighted by molar-refractivity contribution is 0.112. The van der Waals surface area contributed by atoms with E-state index in [1.54, 1.807) is 28.5 Å². The van der Waals surface area contributed by atoms with Gasteiger partial charge in [0.2, 0.25) is 0 Å². The Bertz CT molecular complexity index is 1170. The van der Waals surface area contributed by atoms with E-state index >= 15 is 0 Å². The van der Waals surface area contributed by atoms with Crippen molar-refractivity contribution in [2.24, 2.45) is 0 Å². The van der Waals surface area contributed by atoms with E-state index in [0.717, 1.165) is 16.1 Å². The van der Waals surface area contributed by atoms with E-state index in [9.17, 15) is 14.3 Å². The molecule has 1 fully saturated rings. The Balaban J connectivity index is 1.26. The maximum Gasteiger partial charge on any atom is 0.407 e. The standard InChI is InChI=1S/C22H20FN5O3S/c23-20-9-17(28-8-7-27(26-28)11-18-10-24-22(30)31-18)5-6-19(20)14-1-3-15(4-2-14)21-25-16(12-29)13-32-21/h1-9,13,18,26,29H,10-12H2,(H,24,30). The number of hydrogen-bond donors (Lipinski definition) is 3. The van der Waals surface area contributed by atoms with Crippen LogP contribution in [0.5, 0.6) is 0 Å². The molecule has 2 aliphatic heterocycles. The van der Waals surface area contributed by atoms with Crippen molar-refractivity contribution in [2.45, 2.75) is 12.7 Å². The fourth-order valence-electron chi connectivity index (χ4n) is 3.54. The number of thiazole rings is 1. The van der Waals surface area contributed by atoms with Crippen molar-refractivity contribution in [3.63, 3.8) is 0 Å². The van der Waals surface area contributed by atoms with Crippen LogP contribution in [-0.4, -0.2) is 40.4 Å². The van der Waals surface area contributed by atoms with E-state index in [0.29, 0.717) is 30.0 Å². The van der Waals surface area contributed by atoms with Gasteiger partial charge in [-0.25, -0.2) is 14.2 Å². The second kappa shape index (κ2) is 8.58. The van der Waals surface area contributed by atoms with Gasteiger partial charge in [-0.3, -0.25) is 10.0 Å². The van der Waals surface area contributed by atoms with Gasteiger partial charge in [-0.2, -0.15) is 0 Å². The summed E-state index contributed by atoms with van der Waals surface area (Å²) in [6, 6.07) is 12.6. The molecule has 1 amide bonds. The number of benzene rings is 2. The number of hydrazine groups is 2. The fourth-order valence-corrected chi connectivity index (χ4v) is 4.36. The molecule has 3 aromatic rings. The topological polar surface area (TPSA) is 90.0 Å². The lowest BCUT2D eigenvalue weighted by Crippen LogP contribution is -2.43. The molecule has 1 unspecified atom stereocenters. The molecule has 1 aromatic heterocycles. The number of aliphatic hydroxyl groups is 1. The van der Waals surface area contributed by atoms with Crippen LogP contribution >= 0.6 is 11.3 Å². The molecule has 10 heteroatoms. The predicted molar refractivity (Wildman–Crippen MR) is 119 cm³/mol. The molecule has 0 bridgehead atoms. The van der Waals surface area contributed by atoms with Crippen LogP contribution in [0.3, 0.4) is 0 Å². The van der Waals surface area contributed by atoms with Crippen molar-refractivity contribution in [3.8, 4) is 21.7 Å². The first kappa shape index (κ1) is 20.4. The number of rotatable bonds is 6. The summed E-state index contributed by atoms with van der Waals surface area (Å²) in [4.78, 5) is 15.5. The highest BCUT2D eigenvalue weighted by molar-refractivity contribution is 7.13. The number of carbonyl (C=O) groups is 1. The third-order valence-electron chi connectivity index (χ3n) is 5.17. The smallest absolute Gasteiger partial charge is 0.407 e. The highest BCUT2D eigenvalue weighted by atomic mass is 32.1. The Labute approximate surface area is 187 Å². The first-order valence-corrected chi connectivity index (χ1v) is 10.9. The maximum atomic E-state index is 14.9. The SMILES string of the molecule is O=C1NCC(CN2C=CN(c3ccc(-c4ccc(-c5nc(CO)cs5)cc4)c(F)c3)N2)O1. The average Bonchev–Trinajstić information content (AvgIpc) is 3.55. The number of hydrogen-bond acceptors (Lipinski definition) is 8. The number of nitrogens with one attached hydrogen (secondary N) is 2. The molecular weight excluding hydrogens is 433 g/mol. The Morgan fingerprint density at radius 1 is 1.19 bits per heavy atom. The van der Waals surface area contributed by atoms with E-state index in [1.165, 1.54) is 17.4 Å². The van der Waals surface area contributed by atoms with Crippen molar-refractivity contribution in [3.05, 3.63) is 71.8 Å². The summed E-state index contributed by atoms with van der Waals surface area (Å²) >= 11 is 1.46. The van der Waals surface area contributed by atoms with E-state index in [4.69, 9.17) is 4.74 Å². The summed E-state index contributed by atoms with van der Waals surface area (Å²) in [6.45, 7) is 0.839. The van der Waals surface area contributed by atoms with E-state index in [-0.39, 0.29) is 18.5 Å². The quantitative estimate of drug-likeness (QED) is 0.528. The van der Waals surface area contributed by atoms with E-state index in [1.807, 2.05) is 35.7 Å². The van der Waals surface area contributed by atoms with Gasteiger partial charge >= 0.3 is 6.09 Å². The third kappa shape index (κ3) is 4.15. The molecule has 0 saturated carbocycles. The van der Waals surface area contributed by atoms with E-state index < -0.39 is 6.09 Å². The van der Waals surface area contributed by atoms with Gasteiger partial charge in [0.05, 0.1) is 31.1 Å². The number of halogens is 1. The molecule has 0 spiro atoms. The van der Waals surface area contributed by atoms with Crippen LogP contribution in [0, 0.1) is 5.82 Å². The number of aliphatic hydroxyl groups excluding tert-OH is 1. The molecule has 164 valence electrons. The van der Waals surface area contributed by atoms with Crippen LogP contribution in [0.25, 0.3) is 21.7 Å². The molecule has 2 aliphatic rings. The number of alkyl carbamates (subject to hydrolysis) is 1. The van der Waals surface area contributed by atoms with Gasteiger partial charge in [0.15, 0.2) is 0 Å². The van der Waals surface area contributed by atoms with Crippen molar-refractivity contribution < 1.29 is 19.0 Å². The molecule has 5 rings (SSSR count). The fraction of sp³-hybridized carbons (Fsp3) is 0.182. The number of ether oxygens (including phenoxy) is 1. The molecule has 0 radical (unpaired) electrons. The lowest BCUT2D eigenvalue weighted by atomic mass is 10.0. The van der Waals surface area contributed by atoms with Gasteiger partial charge in [-0.15, -0.1) is 16.9 Å².